The third kappa shape index (κ3) is 4.24. The lowest BCUT2D eigenvalue weighted by Crippen LogP contribution is -2.42. The fourth-order valence-electron chi connectivity index (χ4n) is 2.92. The van der Waals surface area contributed by atoms with Crippen LogP contribution in [0.25, 0.3) is 0 Å². The summed E-state index contributed by atoms with van der Waals surface area (Å²) in [7, 11) is 0. The van der Waals surface area contributed by atoms with Gasteiger partial charge in [0.1, 0.15) is 0 Å². The molecule has 1 saturated carbocycles. The molecule has 0 heterocycles. The zero-order valence-corrected chi connectivity index (χ0v) is 11.3. The van der Waals surface area contributed by atoms with Gasteiger partial charge in [-0.25, -0.2) is 4.79 Å². The van der Waals surface area contributed by atoms with Gasteiger partial charge in [0.05, 0.1) is 0 Å². The number of nitrogens with one attached hydrogen (secondary N) is 2. The Morgan fingerprint density at radius 1 is 1.16 bits per heavy atom. The number of hydrogen-bond acceptors (Lipinski definition) is 2. The van der Waals surface area contributed by atoms with E-state index in [2.05, 4.69) is 41.0 Å². The van der Waals surface area contributed by atoms with Crippen LogP contribution in [0.2, 0.25) is 0 Å². The quantitative estimate of drug-likeness (QED) is 0.709. The Bertz CT molecular complexity index is 394. The van der Waals surface area contributed by atoms with Crippen LogP contribution in [0.1, 0.15) is 37.2 Å². The second-order valence-electron chi connectivity index (χ2n) is 5.15. The first kappa shape index (κ1) is 13.9. The summed E-state index contributed by atoms with van der Waals surface area (Å²) in [4.78, 5) is 10.6. The van der Waals surface area contributed by atoms with E-state index in [-0.39, 0.29) is 0 Å². The van der Waals surface area contributed by atoms with Gasteiger partial charge in [-0.2, -0.15) is 0 Å². The predicted octanol–water partition coefficient (Wildman–Crippen LogP) is 1.97. The van der Waals surface area contributed by atoms with Crippen molar-refractivity contribution < 1.29 is 4.79 Å². The molecule has 1 fully saturated rings. The van der Waals surface area contributed by atoms with E-state index < -0.39 is 6.03 Å². The van der Waals surface area contributed by atoms with E-state index in [0.717, 1.165) is 6.54 Å². The molecule has 0 aromatic heterocycles. The fourth-order valence-corrected chi connectivity index (χ4v) is 2.92. The number of urea groups is 1. The molecule has 104 valence electrons. The third-order valence-corrected chi connectivity index (χ3v) is 3.82. The minimum atomic E-state index is -0.454. The minimum Gasteiger partial charge on any atom is -0.352 e. The van der Waals surface area contributed by atoms with Crippen molar-refractivity contribution in [2.24, 2.45) is 5.73 Å². The first-order valence-electron chi connectivity index (χ1n) is 7.09. The van der Waals surface area contributed by atoms with Crippen molar-refractivity contribution in [3.63, 3.8) is 0 Å². The molecule has 1 aliphatic carbocycles. The monoisotopic (exact) mass is 261 g/mol. The van der Waals surface area contributed by atoms with Crippen molar-refractivity contribution >= 4 is 6.03 Å². The zero-order valence-electron chi connectivity index (χ0n) is 11.3. The molecule has 0 spiro atoms. The van der Waals surface area contributed by atoms with E-state index in [9.17, 15) is 4.79 Å². The van der Waals surface area contributed by atoms with Crippen LogP contribution in [-0.2, 0) is 0 Å². The van der Waals surface area contributed by atoms with Crippen LogP contribution in [0.5, 0.6) is 0 Å². The van der Waals surface area contributed by atoms with Gasteiger partial charge >= 0.3 is 6.03 Å². The second-order valence-corrected chi connectivity index (χ2v) is 5.15. The number of primary amides is 1. The number of hydrogen-bond donors (Lipinski definition) is 3. The van der Waals surface area contributed by atoms with Crippen molar-refractivity contribution in [3.05, 3.63) is 35.9 Å². The Morgan fingerprint density at radius 3 is 2.63 bits per heavy atom. The smallest absolute Gasteiger partial charge is 0.312 e. The van der Waals surface area contributed by atoms with Crippen molar-refractivity contribution in [1.29, 1.82) is 0 Å². The summed E-state index contributed by atoms with van der Waals surface area (Å²) in [6, 6.07) is 10.8. The number of carbonyl (C=O) groups excluding carboxylic acids is 1. The largest absolute Gasteiger partial charge is 0.352 e. The molecule has 0 radical (unpaired) electrons. The standard InChI is InChI=1S/C15H23N3O/c16-15(19)18-11-10-17-14-9-5-4-8-13(14)12-6-2-1-3-7-12/h1-3,6-7,13-14,17H,4-5,8-11H2,(H3,16,18,19). The molecule has 2 unspecified atom stereocenters. The lowest BCUT2D eigenvalue weighted by Gasteiger charge is -2.32. The maximum Gasteiger partial charge on any atom is 0.312 e. The maximum absolute atomic E-state index is 10.6. The van der Waals surface area contributed by atoms with Crippen LogP contribution in [0.15, 0.2) is 30.3 Å². The van der Waals surface area contributed by atoms with Gasteiger partial charge in [0.25, 0.3) is 0 Å². The molecule has 4 heteroatoms. The maximum atomic E-state index is 10.6. The van der Waals surface area contributed by atoms with Crippen LogP contribution >= 0.6 is 0 Å². The number of amides is 2. The predicted molar refractivity (Wildman–Crippen MR) is 77.0 cm³/mol. The summed E-state index contributed by atoms with van der Waals surface area (Å²) in [5, 5.41) is 6.17. The van der Waals surface area contributed by atoms with Crippen molar-refractivity contribution in [2.45, 2.75) is 37.6 Å². The summed E-state index contributed by atoms with van der Waals surface area (Å²) in [5.74, 6) is 0.587. The van der Waals surface area contributed by atoms with Gasteiger partial charge in [0.15, 0.2) is 0 Å². The average Bonchev–Trinajstić information content (AvgIpc) is 2.45. The summed E-state index contributed by atoms with van der Waals surface area (Å²) in [5.41, 5.74) is 6.47. The molecule has 0 saturated heterocycles. The van der Waals surface area contributed by atoms with E-state index in [1.165, 1.54) is 31.2 Å². The first-order chi connectivity index (χ1) is 9.27. The molecule has 2 atom stereocenters. The molecule has 4 N–H and O–H groups in total. The van der Waals surface area contributed by atoms with Crippen LogP contribution in [0.4, 0.5) is 4.79 Å². The lowest BCUT2D eigenvalue weighted by molar-refractivity contribution is 0.248. The molecule has 19 heavy (non-hydrogen) atoms. The molecule has 2 rings (SSSR count). The molecule has 4 nitrogen and oxygen atoms in total. The van der Waals surface area contributed by atoms with E-state index >= 15 is 0 Å². The topological polar surface area (TPSA) is 67.2 Å². The van der Waals surface area contributed by atoms with Crippen molar-refractivity contribution in [3.8, 4) is 0 Å². The molecule has 0 aliphatic heterocycles. The van der Waals surface area contributed by atoms with E-state index in [1.54, 1.807) is 0 Å². The molecular formula is C15H23N3O. The lowest BCUT2D eigenvalue weighted by atomic mass is 9.80. The normalized spacial score (nSPS) is 22.9. The van der Waals surface area contributed by atoms with E-state index in [0.29, 0.717) is 18.5 Å². The van der Waals surface area contributed by atoms with Crippen LogP contribution in [0.3, 0.4) is 0 Å². The van der Waals surface area contributed by atoms with Gasteiger partial charge in [-0.1, -0.05) is 43.2 Å². The summed E-state index contributed by atoms with van der Waals surface area (Å²) < 4.78 is 0. The third-order valence-electron chi connectivity index (χ3n) is 3.82. The van der Waals surface area contributed by atoms with E-state index in [1.807, 2.05) is 0 Å². The van der Waals surface area contributed by atoms with E-state index in [4.69, 9.17) is 5.73 Å². The molecule has 0 bridgehead atoms. The van der Waals surface area contributed by atoms with Gasteiger partial charge < -0.3 is 16.4 Å². The molecular weight excluding hydrogens is 238 g/mol. The highest BCUT2D eigenvalue weighted by Gasteiger charge is 2.25. The number of nitrogens with two attached hydrogens (primary N) is 1. The fraction of sp³-hybridized carbons (Fsp3) is 0.533. The molecule has 1 aromatic carbocycles. The number of rotatable bonds is 5. The molecule has 1 aromatic rings. The highest BCUT2D eigenvalue weighted by molar-refractivity contribution is 5.71. The SMILES string of the molecule is NC(=O)NCCNC1CCCCC1c1ccccc1. The highest BCUT2D eigenvalue weighted by Crippen LogP contribution is 2.32. The van der Waals surface area contributed by atoms with Crippen LogP contribution in [-0.4, -0.2) is 25.2 Å². The van der Waals surface area contributed by atoms with Crippen molar-refractivity contribution in [1.82, 2.24) is 10.6 Å². The van der Waals surface area contributed by atoms with Gasteiger partial charge in [0, 0.05) is 19.1 Å². The molecule has 2 amide bonds. The minimum absolute atomic E-state index is 0.454. The van der Waals surface area contributed by atoms with Gasteiger partial charge in [-0.3, -0.25) is 0 Å². The second kappa shape index (κ2) is 7.14. The van der Waals surface area contributed by atoms with Gasteiger partial charge in [-0.15, -0.1) is 0 Å². The Hall–Kier alpha value is -1.55. The Balaban J connectivity index is 1.87. The summed E-state index contributed by atoms with van der Waals surface area (Å²) in [6.45, 7) is 1.37. The van der Waals surface area contributed by atoms with Crippen LogP contribution < -0.4 is 16.4 Å². The Morgan fingerprint density at radius 2 is 1.89 bits per heavy atom. The number of benzene rings is 1. The Kier molecular flexibility index (Phi) is 5.21. The molecule has 1 aliphatic rings. The average molecular weight is 261 g/mol. The first-order valence-corrected chi connectivity index (χ1v) is 7.09. The highest BCUT2D eigenvalue weighted by atomic mass is 16.2. The zero-order chi connectivity index (χ0) is 13.5. The Labute approximate surface area is 114 Å². The van der Waals surface area contributed by atoms with Crippen LogP contribution in [0, 0.1) is 0 Å². The summed E-state index contributed by atoms with van der Waals surface area (Å²) >= 11 is 0. The van der Waals surface area contributed by atoms with Crippen molar-refractivity contribution in [2.75, 3.05) is 13.1 Å². The van der Waals surface area contributed by atoms with Gasteiger partial charge in [-0.05, 0) is 24.3 Å². The summed E-state index contributed by atoms with van der Waals surface area (Å²) in [6.07, 6.45) is 5.03. The number of carbonyl (C=O) groups is 1. The van der Waals surface area contributed by atoms with Gasteiger partial charge in [0.2, 0.25) is 0 Å².